The van der Waals surface area contributed by atoms with Gasteiger partial charge in [0.1, 0.15) is 0 Å². The lowest BCUT2D eigenvalue weighted by atomic mass is 9.75. The largest absolute Gasteiger partial charge is 0.377 e. The number of hydrogen-bond acceptors (Lipinski definition) is 3. The maximum atomic E-state index is 11.6. The molecule has 0 saturated heterocycles. The number of ether oxygens (including phenoxy) is 1. The molecule has 15 heavy (non-hydrogen) atoms. The van der Waals surface area contributed by atoms with Gasteiger partial charge in [-0.1, -0.05) is 0 Å². The monoisotopic (exact) mass is 214 g/mol. The van der Waals surface area contributed by atoms with Gasteiger partial charge in [0.25, 0.3) is 0 Å². The molecule has 0 radical (unpaired) electrons. The van der Waals surface area contributed by atoms with Gasteiger partial charge in [0.15, 0.2) is 0 Å². The Morgan fingerprint density at radius 2 is 2.13 bits per heavy atom. The lowest BCUT2D eigenvalue weighted by molar-refractivity contribution is -0.124. The van der Waals surface area contributed by atoms with Crippen LogP contribution in [-0.4, -0.2) is 30.7 Å². The maximum Gasteiger partial charge on any atom is 0.221 e. The number of carbonyl (C=O) groups excluding carboxylic acids is 1. The van der Waals surface area contributed by atoms with Crippen LogP contribution in [0.5, 0.6) is 0 Å². The minimum atomic E-state index is -0.308. The highest BCUT2D eigenvalue weighted by Crippen LogP contribution is 2.31. The van der Waals surface area contributed by atoms with Crippen molar-refractivity contribution in [2.24, 2.45) is 5.73 Å². The van der Waals surface area contributed by atoms with E-state index in [0.29, 0.717) is 13.0 Å². The molecule has 0 aliphatic heterocycles. The zero-order valence-electron chi connectivity index (χ0n) is 9.93. The van der Waals surface area contributed by atoms with Crippen molar-refractivity contribution < 1.29 is 9.53 Å². The van der Waals surface area contributed by atoms with Gasteiger partial charge in [0.2, 0.25) is 5.91 Å². The number of rotatable bonds is 5. The van der Waals surface area contributed by atoms with Crippen LogP contribution in [0.15, 0.2) is 0 Å². The van der Waals surface area contributed by atoms with Crippen LogP contribution in [0.4, 0.5) is 0 Å². The Bertz CT molecular complexity index is 235. The van der Waals surface area contributed by atoms with Gasteiger partial charge in [-0.05, 0) is 33.1 Å². The van der Waals surface area contributed by atoms with Crippen LogP contribution in [0.1, 0.15) is 39.5 Å². The minimum Gasteiger partial charge on any atom is -0.377 e. The second-order valence-electron chi connectivity index (χ2n) is 5.13. The molecule has 0 spiro atoms. The summed E-state index contributed by atoms with van der Waals surface area (Å²) in [5.74, 6) is 0.0299. The highest BCUT2D eigenvalue weighted by Gasteiger charge is 2.34. The molecule has 4 heteroatoms. The Hall–Kier alpha value is -0.610. The lowest BCUT2D eigenvalue weighted by Crippen LogP contribution is -2.51. The molecule has 0 heterocycles. The number of nitrogens with two attached hydrogens (primary N) is 1. The van der Waals surface area contributed by atoms with Gasteiger partial charge in [0, 0.05) is 25.6 Å². The first-order valence-electron chi connectivity index (χ1n) is 5.48. The Morgan fingerprint density at radius 3 is 2.53 bits per heavy atom. The van der Waals surface area contributed by atoms with Crippen LogP contribution in [0.3, 0.4) is 0 Å². The highest BCUT2D eigenvalue weighted by molar-refractivity contribution is 5.77. The van der Waals surface area contributed by atoms with Crippen molar-refractivity contribution in [1.82, 2.24) is 5.32 Å². The standard InChI is InChI=1S/C11H22N2O2/c1-10(2,15-3)8-13-9(14)7-11(12)5-4-6-11/h4-8,12H2,1-3H3,(H,13,14). The molecule has 88 valence electrons. The fourth-order valence-electron chi connectivity index (χ4n) is 1.57. The molecule has 1 aliphatic carbocycles. The SMILES string of the molecule is COC(C)(C)CNC(=O)CC1(N)CCC1. The molecule has 3 N–H and O–H groups in total. The Morgan fingerprint density at radius 1 is 1.53 bits per heavy atom. The van der Waals surface area contributed by atoms with Gasteiger partial charge >= 0.3 is 0 Å². The summed E-state index contributed by atoms with van der Waals surface area (Å²) in [4.78, 5) is 11.6. The first-order valence-corrected chi connectivity index (χ1v) is 5.48. The fourth-order valence-corrected chi connectivity index (χ4v) is 1.57. The molecule has 1 rings (SSSR count). The predicted molar refractivity (Wildman–Crippen MR) is 59.5 cm³/mol. The van der Waals surface area contributed by atoms with E-state index in [1.54, 1.807) is 7.11 Å². The van der Waals surface area contributed by atoms with E-state index in [1.807, 2.05) is 13.8 Å². The lowest BCUT2D eigenvalue weighted by Gasteiger charge is -2.37. The first-order chi connectivity index (χ1) is 6.87. The first kappa shape index (κ1) is 12.5. The number of hydrogen-bond donors (Lipinski definition) is 2. The maximum absolute atomic E-state index is 11.6. The molecule has 0 atom stereocenters. The molecule has 1 amide bonds. The fraction of sp³-hybridized carbons (Fsp3) is 0.909. The van der Waals surface area contributed by atoms with E-state index in [1.165, 1.54) is 0 Å². The van der Waals surface area contributed by atoms with Crippen LogP contribution in [-0.2, 0) is 9.53 Å². The van der Waals surface area contributed by atoms with E-state index < -0.39 is 0 Å². The van der Waals surface area contributed by atoms with Gasteiger partial charge in [-0.2, -0.15) is 0 Å². The predicted octanol–water partition coefficient (Wildman–Crippen LogP) is 0.799. The van der Waals surface area contributed by atoms with Gasteiger partial charge in [-0.3, -0.25) is 4.79 Å². The molecule has 1 saturated carbocycles. The Balaban J connectivity index is 2.24. The quantitative estimate of drug-likeness (QED) is 0.711. The average Bonchev–Trinajstić information content (AvgIpc) is 2.13. The molecule has 1 aliphatic rings. The summed E-state index contributed by atoms with van der Waals surface area (Å²) in [5, 5.41) is 2.85. The van der Waals surface area contributed by atoms with Crippen LogP contribution in [0.25, 0.3) is 0 Å². The summed E-state index contributed by atoms with van der Waals surface area (Å²) in [5.41, 5.74) is 5.44. The second-order valence-corrected chi connectivity index (χ2v) is 5.13. The molecular formula is C11H22N2O2. The van der Waals surface area contributed by atoms with Crippen LogP contribution >= 0.6 is 0 Å². The number of amides is 1. The molecule has 4 nitrogen and oxygen atoms in total. The van der Waals surface area contributed by atoms with Gasteiger partial charge < -0.3 is 15.8 Å². The smallest absolute Gasteiger partial charge is 0.221 e. The van der Waals surface area contributed by atoms with E-state index in [-0.39, 0.29) is 17.0 Å². The molecule has 0 bridgehead atoms. The summed E-state index contributed by atoms with van der Waals surface area (Å²) in [6, 6.07) is 0. The van der Waals surface area contributed by atoms with E-state index >= 15 is 0 Å². The second kappa shape index (κ2) is 4.49. The summed E-state index contributed by atoms with van der Waals surface area (Å²) < 4.78 is 5.21. The van der Waals surface area contributed by atoms with Gasteiger partial charge in [-0.25, -0.2) is 0 Å². The van der Waals surface area contributed by atoms with Crippen molar-refractivity contribution in [3.63, 3.8) is 0 Å². The molecule has 0 aromatic heterocycles. The van der Waals surface area contributed by atoms with Gasteiger partial charge in [-0.15, -0.1) is 0 Å². The molecule has 0 aromatic carbocycles. The topological polar surface area (TPSA) is 64.3 Å². The van der Waals surface area contributed by atoms with E-state index in [9.17, 15) is 4.79 Å². The van der Waals surface area contributed by atoms with Crippen molar-refractivity contribution in [3.05, 3.63) is 0 Å². The Kier molecular flexibility index (Phi) is 3.73. The minimum absolute atomic E-state index is 0.0299. The number of nitrogens with one attached hydrogen (secondary N) is 1. The average molecular weight is 214 g/mol. The molecule has 1 fully saturated rings. The van der Waals surface area contributed by atoms with Crippen molar-refractivity contribution in [3.8, 4) is 0 Å². The third-order valence-electron chi connectivity index (χ3n) is 3.13. The van der Waals surface area contributed by atoms with E-state index in [2.05, 4.69) is 5.32 Å². The van der Waals surface area contributed by atoms with Crippen molar-refractivity contribution in [2.45, 2.75) is 50.7 Å². The Labute approximate surface area is 91.5 Å². The number of methoxy groups -OCH3 is 1. The van der Waals surface area contributed by atoms with E-state index in [0.717, 1.165) is 19.3 Å². The van der Waals surface area contributed by atoms with Gasteiger partial charge in [0.05, 0.1) is 5.60 Å². The van der Waals surface area contributed by atoms with Crippen molar-refractivity contribution in [1.29, 1.82) is 0 Å². The van der Waals surface area contributed by atoms with Crippen molar-refractivity contribution in [2.75, 3.05) is 13.7 Å². The molecular weight excluding hydrogens is 192 g/mol. The summed E-state index contributed by atoms with van der Waals surface area (Å²) in [6.07, 6.45) is 3.52. The van der Waals surface area contributed by atoms with Crippen LogP contribution in [0.2, 0.25) is 0 Å². The van der Waals surface area contributed by atoms with Crippen LogP contribution < -0.4 is 11.1 Å². The van der Waals surface area contributed by atoms with Crippen LogP contribution in [0, 0.1) is 0 Å². The zero-order valence-corrected chi connectivity index (χ0v) is 9.93. The third kappa shape index (κ3) is 3.80. The summed E-state index contributed by atoms with van der Waals surface area (Å²) in [6.45, 7) is 4.40. The zero-order chi connectivity index (χ0) is 11.5. The highest BCUT2D eigenvalue weighted by atomic mass is 16.5. The number of carbonyl (C=O) groups is 1. The summed E-state index contributed by atoms with van der Waals surface area (Å²) >= 11 is 0. The van der Waals surface area contributed by atoms with Crippen molar-refractivity contribution >= 4 is 5.91 Å². The third-order valence-corrected chi connectivity index (χ3v) is 3.13. The molecule has 0 aromatic rings. The summed E-state index contributed by atoms with van der Waals surface area (Å²) in [7, 11) is 1.64. The normalized spacial score (nSPS) is 19.5. The molecule has 0 unspecified atom stereocenters. The van der Waals surface area contributed by atoms with E-state index in [4.69, 9.17) is 10.5 Å².